The largest absolute Gasteiger partial charge is 0.422 e. The van der Waals surface area contributed by atoms with E-state index in [0.29, 0.717) is 22.4 Å². The van der Waals surface area contributed by atoms with Crippen LogP contribution >= 0.6 is 0 Å². The Morgan fingerprint density at radius 2 is 1.59 bits per heavy atom. The topological polar surface area (TPSA) is 81.4 Å². The molecule has 2 rings (SSSR count). The fourth-order valence-electron chi connectivity index (χ4n) is 2.06. The van der Waals surface area contributed by atoms with E-state index >= 15 is 0 Å². The number of aryl methyl sites for hydroxylation is 2. The number of nitrogens with one attached hydrogen (secondary N) is 1. The highest BCUT2D eigenvalue weighted by molar-refractivity contribution is 5.95. The van der Waals surface area contributed by atoms with E-state index in [-0.39, 0.29) is 5.56 Å². The van der Waals surface area contributed by atoms with Gasteiger partial charge in [0.1, 0.15) is 11.6 Å². The van der Waals surface area contributed by atoms with Crippen LogP contribution in [0.15, 0.2) is 36.4 Å². The van der Waals surface area contributed by atoms with Crippen molar-refractivity contribution in [1.82, 2.24) is 5.43 Å². The van der Waals surface area contributed by atoms with E-state index in [1.165, 1.54) is 24.3 Å². The van der Waals surface area contributed by atoms with E-state index in [1.54, 1.807) is 26.0 Å². The van der Waals surface area contributed by atoms with Gasteiger partial charge in [0.25, 0.3) is 5.91 Å². The lowest BCUT2D eigenvalue weighted by atomic mass is 10.1. The minimum Gasteiger partial charge on any atom is -0.422 e. The summed E-state index contributed by atoms with van der Waals surface area (Å²) in [6.45, 7) is 3.43. The van der Waals surface area contributed by atoms with Gasteiger partial charge in [-0.25, -0.2) is 15.0 Å². The zero-order chi connectivity index (χ0) is 16.3. The molecule has 0 unspecified atom stereocenters. The SMILES string of the molecule is Cc1cc(C(=O)NN)cc(C)c1OC(=O)c1ccc(F)cc1. The van der Waals surface area contributed by atoms with Gasteiger partial charge in [-0.1, -0.05) is 0 Å². The molecule has 0 aliphatic heterocycles. The molecule has 0 bridgehead atoms. The smallest absolute Gasteiger partial charge is 0.343 e. The van der Waals surface area contributed by atoms with Crippen molar-refractivity contribution in [3.05, 3.63) is 64.5 Å². The number of hydrogen-bond donors (Lipinski definition) is 2. The van der Waals surface area contributed by atoms with Crippen molar-refractivity contribution in [2.75, 3.05) is 0 Å². The van der Waals surface area contributed by atoms with Gasteiger partial charge in [-0.05, 0) is 61.4 Å². The summed E-state index contributed by atoms with van der Waals surface area (Å²) in [5.41, 5.74) is 3.90. The average molecular weight is 302 g/mol. The summed E-state index contributed by atoms with van der Waals surface area (Å²) in [7, 11) is 0. The van der Waals surface area contributed by atoms with Gasteiger partial charge in [-0.15, -0.1) is 0 Å². The molecule has 3 N–H and O–H groups in total. The van der Waals surface area contributed by atoms with E-state index < -0.39 is 17.7 Å². The summed E-state index contributed by atoms with van der Waals surface area (Å²) in [4.78, 5) is 23.6. The van der Waals surface area contributed by atoms with Gasteiger partial charge < -0.3 is 4.74 Å². The number of hydrogen-bond acceptors (Lipinski definition) is 4. The van der Waals surface area contributed by atoms with Gasteiger partial charge in [-0.3, -0.25) is 10.2 Å². The van der Waals surface area contributed by atoms with E-state index in [2.05, 4.69) is 0 Å². The number of rotatable bonds is 3. The molecule has 0 spiro atoms. The third kappa shape index (κ3) is 3.29. The molecule has 114 valence electrons. The van der Waals surface area contributed by atoms with Gasteiger partial charge in [0.05, 0.1) is 5.56 Å². The Morgan fingerprint density at radius 1 is 1.05 bits per heavy atom. The second-order valence-electron chi connectivity index (χ2n) is 4.81. The van der Waals surface area contributed by atoms with Crippen molar-refractivity contribution in [2.45, 2.75) is 13.8 Å². The van der Waals surface area contributed by atoms with Crippen molar-refractivity contribution < 1.29 is 18.7 Å². The van der Waals surface area contributed by atoms with E-state index in [1.807, 2.05) is 5.43 Å². The molecule has 0 aromatic heterocycles. The zero-order valence-corrected chi connectivity index (χ0v) is 12.1. The Hall–Kier alpha value is -2.73. The Balaban J connectivity index is 2.28. The normalized spacial score (nSPS) is 10.2. The predicted molar refractivity (Wildman–Crippen MR) is 78.9 cm³/mol. The van der Waals surface area contributed by atoms with Crippen LogP contribution in [0.5, 0.6) is 5.75 Å². The lowest BCUT2D eigenvalue weighted by molar-refractivity contribution is 0.0732. The number of hydrazine groups is 1. The third-order valence-electron chi connectivity index (χ3n) is 3.13. The molecular weight excluding hydrogens is 287 g/mol. The van der Waals surface area contributed by atoms with Crippen LogP contribution in [-0.4, -0.2) is 11.9 Å². The number of esters is 1. The fraction of sp³-hybridized carbons (Fsp3) is 0.125. The van der Waals surface area contributed by atoms with Gasteiger partial charge in [0.15, 0.2) is 0 Å². The minimum absolute atomic E-state index is 0.240. The van der Waals surface area contributed by atoms with Crippen LogP contribution in [0, 0.1) is 19.7 Å². The molecule has 2 aromatic carbocycles. The van der Waals surface area contributed by atoms with Crippen LogP contribution in [0.2, 0.25) is 0 Å². The van der Waals surface area contributed by atoms with Crippen molar-refractivity contribution in [3.8, 4) is 5.75 Å². The first-order valence-corrected chi connectivity index (χ1v) is 6.52. The van der Waals surface area contributed by atoms with E-state index in [0.717, 1.165) is 0 Å². The average Bonchev–Trinajstić information content (AvgIpc) is 2.50. The number of nitrogen functional groups attached to an aromatic ring is 1. The summed E-state index contributed by atoms with van der Waals surface area (Å²) < 4.78 is 18.2. The highest BCUT2D eigenvalue weighted by Gasteiger charge is 2.15. The summed E-state index contributed by atoms with van der Waals surface area (Å²) in [5.74, 6) is 4.01. The molecule has 1 amide bonds. The number of carbonyl (C=O) groups is 2. The quantitative estimate of drug-likeness (QED) is 0.299. The molecule has 22 heavy (non-hydrogen) atoms. The van der Waals surface area contributed by atoms with Crippen molar-refractivity contribution in [1.29, 1.82) is 0 Å². The van der Waals surface area contributed by atoms with E-state index in [9.17, 15) is 14.0 Å². The van der Waals surface area contributed by atoms with Crippen LogP contribution in [-0.2, 0) is 0 Å². The molecular formula is C16H15FN2O3. The number of nitrogens with two attached hydrogens (primary N) is 1. The zero-order valence-electron chi connectivity index (χ0n) is 12.1. The number of ether oxygens (including phenoxy) is 1. The Labute approximate surface area is 126 Å². The van der Waals surface area contributed by atoms with Crippen LogP contribution in [0.3, 0.4) is 0 Å². The minimum atomic E-state index is -0.595. The fourth-order valence-corrected chi connectivity index (χ4v) is 2.06. The summed E-state index contributed by atoms with van der Waals surface area (Å²) >= 11 is 0. The van der Waals surface area contributed by atoms with Crippen LogP contribution in [0.1, 0.15) is 31.8 Å². The second kappa shape index (κ2) is 6.36. The molecule has 0 saturated heterocycles. The van der Waals surface area contributed by atoms with Crippen LogP contribution in [0.25, 0.3) is 0 Å². The summed E-state index contributed by atoms with van der Waals surface area (Å²) in [5, 5.41) is 0. The van der Waals surface area contributed by atoms with Gasteiger partial charge in [0.2, 0.25) is 0 Å². The maximum absolute atomic E-state index is 12.9. The second-order valence-corrected chi connectivity index (χ2v) is 4.81. The molecule has 0 aliphatic rings. The van der Waals surface area contributed by atoms with Gasteiger partial charge in [0, 0.05) is 5.56 Å². The maximum atomic E-state index is 12.9. The molecule has 0 fully saturated rings. The number of amides is 1. The number of carbonyl (C=O) groups excluding carboxylic acids is 2. The highest BCUT2D eigenvalue weighted by atomic mass is 19.1. The molecule has 0 heterocycles. The lowest BCUT2D eigenvalue weighted by Crippen LogP contribution is -2.30. The molecule has 0 radical (unpaired) electrons. The molecule has 5 nitrogen and oxygen atoms in total. The van der Waals surface area contributed by atoms with Crippen molar-refractivity contribution in [2.24, 2.45) is 5.84 Å². The first-order chi connectivity index (χ1) is 10.4. The Bertz CT molecular complexity index is 704. The first-order valence-electron chi connectivity index (χ1n) is 6.52. The molecule has 0 saturated carbocycles. The highest BCUT2D eigenvalue weighted by Crippen LogP contribution is 2.25. The Morgan fingerprint density at radius 3 is 2.09 bits per heavy atom. The summed E-state index contributed by atoms with van der Waals surface area (Å²) in [6, 6.07) is 8.21. The van der Waals surface area contributed by atoms with Gasteiger partial charge in [-0.2, -0.15) is 0 Å². The van der Waals surface area contributed by atoms with E-state index in [4.69, 9.17) is 10.6 Å². The summed E-state index contributed by atoms with van der Waals surface area (Å²) in [6.07, 6.45) is 0. The number of halogens is 1. The van der Waals surface area contributed by atoms with Crippen molar-refractivity contribution in [3.63, 3.8) is 0 Å². The molecule has 0 atom stereocenters. The molecule has 6 heteroatoms. The number of benzene rings is 2. The monoisotopic (exact) mass is 302 g/mol. The van der Waals surface area contributed by atoms with Crippen LogP contribution < -0.4 is 16.0 Å². The molecule has 0 aliphatic carbocycles. The third-order valence-corrected chi connectivity index (χ3v) is 3.13. The standard InChI is InChI=1S/C16H15FN2O3/c1-9-7-12(15(20)19-18)8-10(2)14(9)22-16(21)11-3-5-13(17)6-4-11/h3-8H,18H2,1-2H3,(H,19,20). The van der Waals surface area contributed by atoms with Crippen LogP contribution in [0.4, 0.5) is 4.39 Å². The first kappa shape index (κ1) is 15.7. The molecule has 2 aromatic rings. The van der Waals surface area contributed by atoms with Gasteiger partial charge >= 0.3 is 5.97 Å². The lowest BCUT2D eigenvalue weighted by Gasteiger charge is -2.12. The van der Waals surface area contributed by atoms with Crippen molar-refractivity contribution >= 4 is 11.9 Å². The Kier molecular flexibility index (Phi) is 4.53. The predicted octanol–water partition coefficient (Wildman–Crippen LogP) is 2.27. The maximum Gasteiger partial charge on any atom is 0.343 e.